The van der Waals surface area contributed by atoms with Gasteiger partial charge in [0, 0.05) is 15.9 Å². The molecule has 1 saturated carbocycles. The zero-order chi connectivity index (χ0) is 13.0. The fourth-order valence-corrected chi connectivity index (χ4v) is 3.23. The molecule has 2 rings (SSSR count). The van der Waals surface area contributed by atoms with Gasteiger partial charge in [0.15, 0.2) is 0 Å². The summed E-state index contributed by atoms with van der Waals surface area (Å²) in [5.74, 6) is 0.662. The summed E-state index contributed by atoms with van der Waals surface area (Å²) in [6.45, 7) is 0. The molecule has 0 radical (unpaired) electrons. The summed E-state index contributed by atoms with van der Waals surface area (Å²) in [7, 11) is 0. The SMILES string of the molecule is O=C(CC1CCCCC1)Nc1ccc(Cl)cc1Br. The van der Waals surface area contributed by atoms with Crippen molar-refractivity contribution in [2.24, 2.45) is 5.92 Å². The molecule has 18 heavy (non-hydrogen) atoms. The van der Waals surface area contributed by atoms with Gasteiger partial charge in [0.25, 0.3) is 0 Å². The fraction of sp³-hybridized carbons (Fsp3) is 0.500. The molecule has 1 N–H and O–H groups in total. The van der Waals surface area contributed by atoms with Crippen molar-refractivity contribution < 1.29 is 4.79 Å². The minimum Gasteiger partial charge on any atom is -0.325 e. The largest absolute Gasteiger partial charge is 0.325 e. The number of benzene rings is 1. The summed E-state index contributed by atoms with van der Waals surface area (Å²) in [6, 6.07) is 5.39. The zero-order valence-electron chi connectivity index (χ0n) is 10.2. The van der Waals surface area contributed by atoms with Crippen LogP contribution in [0.25, 0.3) is 0 Å². The second-order valence-corrected chi connectivity index (χ2v) is 6.17. The van der Waals surface area contributed by atoms with Gasteiger partial charge >= 0.3 is 0 Å². The van der Waals surface area contributed by atoms with Gasteiger partial charge in [-0.3, -0.25) is 4.79 Å². The fourth-order valence-electron chi connectivity index (χ4n) is 2.45. The van der Waals surface area contributed by atoms with Gasteiger partial charge < -0.3 is 5.32 Å². The maximum absolute atomic E-state index is 12.0. The van der Waals surface area contributed by atoms with Crippen LogP contribution in [0.5, 0.6) is 0 Å². The summed E-state index contributed by atoms with van der Waals surface area (Å²) in [5.41, 5.74) is 0.792. The molecule has 0 aromatic heterocycles. The van der Waals surface area contributed by atoms with Gasteiger partial charge in [-0.05, 0) is 52.9 Å². The molecule has 1 aromatic rings. The van der Waals surface area contributed by atoms with E-state index in [0.29, 0.717) is 17.4 Å². The van der Waals surface area contributed by atoms with E-state index in [1.807, 2.05) is 6.07 Å². The van der Waals surface area contributed by atoms with Gasteiger partial charge in [-0.25, -0.2) is 0 Å². The smallest absolute Gasteiger partial charge is 0.224 e. The molecular weight excluding hydrogens is 314 g/mol. The molecule has 1 amide bonds. The number of halogens is 2. The van der Waals surface area contributed by atoms with Crippen LogP contribution in [0.2, 0.25) is 5.02 Å². The molecule has 1 aliphatic carbocycles. The second-order valence-electron chi connectivity index (χ2n) is 4.88. The van der Waals surface area contributed by atoms with E-state index in [1.165, 1.54) is 32.1 Å². The molecule has 1 aliphatic rings. The molecular formula is C14H17BrClNO. The standard InChI is InChI=1S/C14H17BrClNO/c15-12-9-11(16)6-7-13(12)17-14(18)8-10-4-2-1-3-5-10/h6-7,9-10H,1-5,8H2,(H,17,18). The highest BCUT2D eigenvalue weighted by Gasteiger charge is 2.17. The first-order chi connectivity index (χ1) is 8.65. The lowest BCUT2D eigenvalue weighted by atomic mass is 9.87. The number of hydrogen-bond acceptors (Lipinski definition) is 1. The Morgan fingerprint density at radius 1 is 1.33 bits per heavy atom. The summed E-state index contributed by atoms with van der Waals surface area (Å²) < 4.78 is 0.826. The minimum atomic E-state index is 0.102. The molecule has 4 heteroatoms. The maximum Gasteiger partial charge on any atom is 0.224 e. The van der Waals surface area contributed by atoms with Crippen molar-refractivity contribution in [3.05, 3.63) is 27.7 Å². The summed E-state index contributed by atoms with van der Waals surface area (Å²) in [6.07, 6.45) is 6.87. The monoisotopic (exact) mass is 329 g/mol. The first-order valence-electron chi connectivity index (χ1n) is 6.40. The highest BCUT2D eigenvalue weighted by molar-refractivity contribution is 9.10. The quantitative estimate of drug-likeness (QED) is 0.829. The van der Waals surface area contributed by atoms with Crippen molar-refractivity contribution in [3.8, 4) is 0 Å². The zero-order valence-corrected chi connectivity index (χ0v) is 12.6. The average Bonchev–Trinajstić information content (AvgIpc) is 2.34. The van der Waals surface area contributed by atoms with Gasteiger partial charge in [-0.15, -0.1) is 0 Å². The number of carbonyl (C=O) groups is 1. The van der Waals surface area contributed by atoms with Crippen molar-refractivity contribution >= 4 is 39.1 Å². The Balaban J connectivity index is 1.90. The van der Waals surface area contributed by atoms with E-state index < -0.39 is 0 Å². The number of anilines is 1. The van der Waals surface area contributed by atoms with Crippen LogP contribution in [-0.2, 0) is 4.79 Å². The van der Waals surface area contributed by atoms with Crippen molar-refractivity contribution in [2.45, 2.75) is 38.5 Å². The third kappa shape index (κ3) is 3.99. The van der Waals surface area contributed by atoms with E-state index in [-0.39, 0.29) is 5.91 Å². The molecule has 0 saturated heterocycles. The van der Waals surface area contributed by atoms with Crippen LogP contribution in [0.1, 0.15) is 38.5 Å². The highest BCUT2D eigenvalue weighted by atomic mass is 79.9. The van der Waals surface area contributed by atoms with E-state index in [0.717, 1.165) is 10.2 Å². The predicted molar refractivity (Wildman–Crippen MR) is 79.0 cm³/mol. The van der Waals surface area contributed by atoms with Crippen LogP contribution >= 0.6 is 27.5 Å². The first kappa shape index (κ1) is 13.9. The van der Waals surface area contributed by atoms with Gasteiger partial charge in [-0.1, -0.05) is 30.9 Å². The lowest BCUT2D eigenvalue weighted by molar-refractivity contribution is -0.117. The van der Waals surface area contributed by atoms with Crippen molar-refractivity contribution in [1.29, 1.82) is 0 Å². The molecule has 1 fully saturated rings. The number of amides is 1. The Morgan fingerprint density at radius 2 is 2.06 bits per heavy atom. The Morgan fingerprint density at radius 3 is 2.72 bits per heavy atom. The Bertz CT molecular complexity index is 430. The van der Waals surface area contributed by atoms with Gasteiger partial charge in [-0.2, -0.15) is 0 Å². The molecule has 0 atom stereocenters. The summed E-state index contributed by atoms with van der Waals surface area (Å²) in [4.78, 5) is 12.0. The van der Waals surface area contributed by atoms with Crippen LogP contribution in [0.3, 0.4) is 0 Å². The van der Waals surface area contributed by atoms with E-state index in [4.69, 9.17) is 11.6 Å². The highest BCUT2D eigenvalue weighted by Crippen LogP contribution is 2.29. The summed E-state index contributed by atoms with van der Waals surface area (Å²) >= 11 is 9.27. The maximum atomic E-state index is 12.0. The van der Waals surface area contributed by atoms with Crippen LogP contribution in [0, 0.1) is 5.92 Å². The molecule has 98 valence electrons. The van der Waals surface area contributed by atoms with Gasteiger partial charge in [0.2, 0.25) is 5.91 Å². The minimum absolute atomic E-state index is 0.102. The van der Waals surface area contributed by atoms with Crippen molar-refractivity contribution in [1.82, 2.24) is 0 Å². The van der Waals surface area contributed by atoms with Crippen LogP contribution < -0.4 is 5.32 Å². The lowest BCUT2D eigenvalue weighted by Crippen LogP contribution is -2.18. The normalized spacial score (nSPS) is 16.6. The van der Waals surface area contributed by atoms with E-state index in [2.05, 4.69) is 21.2 Å². The molecule has 0 bridgehead atoms. The second kappa shape index (κ2) is 6.58. The van der Waals surface area contributed by atoms with E-state index >= 15 is 0 Å². The third-order valence-electron chi connectivity index (χ3n) is 3.40. The molecule has 0 spiro atoms. The number of hydrogen-bond donors (Lipinski definition) is 1. The van der Waals surface area contributed by atoms with Gasteiger partial charge in [0.1, 0.15) is 0 Å². The topological polar surface area (TPSA) is 29.1 Å². The van der Waals surface area contributed by atoms with E-state index in [9.17, 15) is 4.79 Å². The first-order valence-corrected chi connectivity index (χ1v) is 7.57. The van der Waals surface area contributed by atoms with Crippen molar-refractivity contribution in [3.63, 3.8) is 0 Å². The molecule has 0 aliphatic heterocycles. The molecule has 0 heterocycles. The molecule has 2 nitrogen and oxygen atoms in total. The Kier molecular flexibility index (Phi) is 5.07. The van der Waals surface area contributed by atoms with E-state index in [1.54, 1.807) is 12.1 Å². The molecule has 0 unspecified atom stereocenters. The summed E-state index contributed by atoms with van der Waals surface area (Å²) in [5, 5.41) is 3.60. The lowest BCUT2D eigenvalue weighted by Gasteiger charge is -2.21. The van der Waals surface area contributed by atoms with Crippen LogP contribution in [0.4, 0.5) is 5.69 Å². The third-order valence-corrected chi connectivity index (χ3v) is 4.30. The number of carbonyl (C=O) groups excluding carboxylic acids is 1. The number of rotatable bonds is 3. The van der Waals surface area contributed by atoms with Crippen LogP contribution in [0.15, 0.2) is 22.7 Å². The average molecular weight is 331 g/mol. The molecule has 1 aromatic carbocycles. The Labute approximate surface area is 121 Å². The Hall–Kier alpha value is -0.540. The van der Waals surface area contributed by atoms with Crippen LogP contribution in [-0.4, -0.2) is 5.91 Å². The predicted octanol–water partition coefficient (Wildman–Crippen LogP) is 5.01. The number of nitrogens with one attached hydrogen (secondary N) is 1. The van der Waals surface area contributed by atoms with Gasteiger partial charge in [0.05, 0.1) is 5.69 Å². The van der Waals surface area contributed by atoms with Crippen molar-refractivity contribution in [2.75, 3.05) is 5.32 Å².